The molecule has 0 aliphatic heterocycles. The third-order valence-electron chi connectivity index (χ3n) is 2.96. The molecule has 0 N–H and O–H groups in total. The van der Waals surface area contributed by atoms with E-state index in [-0.39, 0.29) is 0 Å². The van der Waals surface area contributed by atoms with Gasteiger partial charge < -0.3 is 0 Å². The van der Waals surface area contributed by atoms with E-state index in [0.717, 1.165) is 0 Å². The third kappa shape index (κ3) is 1.85. The Morgan fingerprint density at radius 3 is 1.50 bits per heavy atom. The lowest BCUT2D eigenvalue weighted by Crippen LogP contribution is -1.95. The van der Waals surface area contributed by atoms with Crippen LogP contribution in [0.2, 0.25) is 0 Å². The molecule has 0 atom stereocenters. The average Bonchev–Trinajstić information content (AvgIpc) is 2.45. The van der Waals surface area contributed by atoms with Gasteiger partial charge in [0.15, 0.2) is 0 Å². The number of hydrogen-bond acceptors (Lipinski definition) is 4. The van der Waals surface area contributed by atoms with Crippen LogP contribution in [-0.2, 0) is 0 Å². The summed E-state index contributed by atoms with van der Waals surface area (Å²) in [7, 11) is 0. The summed E-state index contributed by atoms with van der Waals surface area (Å²) in [5.74, 6) is 0. The van der Waals surface area contributed by atoms with E-state index in [0.29, 0.717) is 42.1 Å². The normalized spacial score (nSPS) is 10.4. The second-order valence-corrected chi connectivity index (χ2v) is 5.66. The maximum atomic E-state index is 9.36. The average molecular weight is 388 g/mol. The number of nitrogens with zero attached hydrogens (tertiary/aromatic N) is 4. The number of nitriles is 2. The molecule has 94 valence electrons. The summed E-state index contributed by atoms with van der Waals surface area (Å²) in [6.45, 7) is 0. The molecule has 20 heavy (non-hydrogen) atoms. The minimum absolute atomic E-state index is 0.333. The van der Waals surface area contributed by atoms with Gasteiger partial charge in [-0.25, -0.2) is 9.97 Å². The largest absolute Gasteiger partial charge is 0.239 e. The van der Waals surface area contributed by atoms with Crippen LogP contribution in [0.1, 0.15) is 11.1 Å². The van der Waals surface area contributed by atoms with Crippen molar-refractivity contribution in [2.75, 3.05) is 0 Å². The lowest BCUT2D eigenvalue weighted by atomic mass is 9.98. The highest BCUT2D eigenvalue weighted by atomic mass is 79.9. The van der Waals surface area contributed by atoms with E-state index < -0.39 is 0 Å². The molecule has 0 saturated carbocycles. The van der Waals surface area contributed by atoms with E-state index in [4.69, 9.17) is 0 Å². The fourth-order valence-corrected chi connectivity index (χ4v) is 2.76. The van der Waals surface area contributed by atoms with Gasteiger partial charge in [0.2, 0.25) is 0 Å². The molecule has 0 aliphatic rings. The van der Waals surface area contributed by atoms with Crippen molar-refractivity contribution in [3.63, 3.8) is 0 Å². The van der Waals surface area contributed by atoms with E-state index in [9.17, 15) is 10.5 Å². The zero-order chi connectivity index (χ0) is 14.3. The van der Waals surface area contributed by atoms with Crippen LogP contribution in [0.3, 0.4) is 0 Å². The van der Waals surface area contributed by atoms with Gasteiger partial charge in [-0.15, -0.1) is 0 Å². The quantitative estimate of drug-likeness (QED) is 0.430. The van der Waals surface area contributed by atoms with Crippen molar-refractivity contribution in [2.24, 2.45) is 0 Å². The predicted octanol–water partition coefficient (Wildman–Crippen LogP) is 4.05. The van der Waals surface area contributed by atoms with Crippen molar-refractivity contribution in [2.45, 2.75) is 0 Å². The molecule has 3 rings (SSSR count). The van der Waals surface area contributed by atoms with E-state index in [2.05, 4.69) is 54.0 Å². The van der Waals surface area contributed by atoms with Gasteiger partial charge in [0.25, 0.3) is 0 Å². The second kappa shape index (κ2) is 4.82. The minimum Gasteiger partial charge on any atom is -0.239 e. The van der Waals surface area contributed by atoms with Gasteiger partial charge in [-0.3, -0.25) is 0 Å². The molecular weight excluding hydrogens is 384 g/mol. The smallest absolute Gasteiger partial charge is 0.106 e. The van der Waals surface area contributed by atoms with Crippen molar-refractivity contribution in [1.82, 2.24) is 9.97 Å². The zero-order valence-corrected chi connectivity index (χ0v) is 13.0. The van der Waals surface area contributed by atoms with Gasteiger partial charge in [0, 0.05) is 10.8 Å². The Bertz CT molecular complexity index is 873. The molecule has 6 heteroatoms. The van der Waals surface area contributed by atoms with Crippen LogP contribution in [0, 0.1) is 22.7 Å². The first-order valence-electron chi connectivity index (χ1n) is 5.54. The molecule has 0 unspecified atom stereocenters. The number of hydrogen-bond donors (Lipinski definition) is 0. The third-order valence-corrected chi connectivity index (χ3v) is 3.84. The SMILES string of the molecule is N#Cc1c(C#N)c2ccc(Br)nc2c2nc(Br)ccc12. The summed E-state index contributed by atoms with van der Waals surface area (Å²) in [4.78, 5) is 8.80. The summed E-state index contributed by atoms with van der Waals surface area (Å²) in [6, 6.07) is 11.2. The first-order valence-corrected chi connectivity index (χ1v) is 7.13. The number of rotatable bonds is 0. The highest BCUT2D eigenvalue weighted by Gasteiger charge is 2.16. The van der Waals surface area contributed by atoms with Crippen LogP contribution in [0.5, 0.6) is 0 Å². The van der Waals surface area contributed by atoms with Gasteiger partial charge >= 0.3 is 0 Å². The van der Waals surface area contributed by atoms with Crippen LogP contribution in [-0.4, -0.2) is 9.97 Å². The van der Waals surface area contributed by atoms with Gasteiger partial charge in [-0.05, 0) is 56.1 Å². The van der Waals surface area contributed by atoms with Gasteiger partial charge in [0.1, 0.15) is 21.3 Å². The van der Waals surface area contributed by atoms with E-state index in [1.807, 2.05) is 0 Å². The van der Waals surface area contributed by atoms with Crippen LogP contribution >= 0.6 is 31.9 Å². The van der Waals surface area contributed by atoms with Gasteiger partial charge in [-0.1, -0.05) is 0 Å². The van der Waals surface area contributed by atoms with Crippen molar-refractivity contribution < 1.29 is 0 Å². The minimum atomic E-state index is 0.333. The highest BCUT2D eigenvalue weighted by Crippen LogP contribution is 2.31. The lowest BCUT2D eigenvalue weighted by molar-refractivity contribution is 1.31. The molecule has 2 heterocycles. The fourth-order valence-electron chi connectivity index (χ4n) is 2.14. The van der Waals surface area contributed by atoms with Crippen molar-refractivity contribution in [1.29, 1.82) is 10.5 Å². The first kappa shape index (κ1) is 13.0. The fraction of sp³-hybridized carbons (Fsp3) is 0. The van der Waals surface area contributed by atoms with E-state index in [1.54, 1.807) is 24.3 Å². The Hall–Kier alpha value is -2.02. The summed E-state index contributed by atoms with van der Waals surface area (Å²) >= 11 is 6.64. The Kier molecular flexibility index (Phi) is 3.13. The standard InChI is InChI=1S/C14H4Br2N4/c15-11-3-1-7-9(5-17)10(6-18)8-2-4-12(16)20-14(8)13(7)19-11/h1-4H. The highest BCUT2D eigenvalue weighted by molar-refractivity contribution is 9.10. The molecule has 1 aromatic carbocycles. The molecule has 2 aromatic heterocycles. The monoisotopic (exact) mass is 386 g/mol. The van der Waals surface area contributed by atoms with Gasteiger partial charge in [-0.2, -0.15) is 10.5 Å². The zero-order valence-electron chi connectivity index (χ0n) is 9.85. The summed E-state index contributed by atoms with van der Waals surface area (Å²) in [6.07, 6.45) is 0. The molecule has 0 aliphatic carbocycles. The van der Waals surface area contributed by atoms with Crippen molar-refractivity contribution in [3.05, 3.63) is 44.6 Å². The first-order chi connectivity index (χ1) is 9.65. The Labute approximate surface area is 130 Å². The second-order valence-electron chi connectivity index (χ2n) is 4.03. The van der Waals surface area contributed by atoms with Crippen LogP contribution in [0.25, 0.3) is 21.8 Å². The van der Waals surface area contributed by atoms with Crippen LogP contribution in [0.15, 0.2) is 33.5 Å². The number of pyridine rings is 2. The topological polar surface area (TPSA) is 73.4 Å². The number of fused-ring (bicyclic) bond motifs is 3. The predicted molar refractivity (Wildman–Crippen MR) is 81.9 cm³/mol. The Morgan fingerprint density at radius 2 is 1.15 bits per heavy atom. The van der Waals surface area contributed by atoms with E-state index in [1.165, 1.54) is 0 Å². The molecule has 0 spiro atoms. The molecule has 3 aromatic rings. The maximum Gasteiger partial charge on any atom is 0.106 e. The maximum absolute atomic E-state index is 9.36. The molecule has 0 radical (unpaired) electrons. The summed E-state index contributed by atoms with van der Waals surface area (Å²) in [5, 5.41) is 20.0. The number of aromatic nitrogens is 2. The summed E-state index contributed by atoms with van der Waals surface area (Å²) < 4.78 is 1.31. The summed E-state index contributed by atoms with van der Waals surface area (Å²) in [5.41, 5.74) is 1.87. The molecular formula is C14H4Br2N4. The molecule has 0 fully saturated rings. The van der Waals surface area contributed by atoms with Crippen molar-refractivity contribution in [3.8, 4) is 12.1 Å². The Morgan fingerprint density at radius 1 is 0.750 bits per heavy atom. The molecule has 0 amide bonds. The van der Waals surface area contributed by atoms with E-state index >= 15 is 0 Å². The Balaban J connectivity index is 2.70. The van der Waals surface area contributed by atoms with Crippen molar-refractivity contribution >= 4 is 53.7 Å². The molecule has 0 bridgehead atoms. The van der Waals surface area contributed by atoms with Crippen LogP contribution in [0.4, 0.5) is 0 Å². The molecule has 4 nitrogen and oxygen atoms in total. The number of benzene rings is 1. The lowest BCUT2D eigenvalue weighted by Gasteiger charge is -2.08. The van der Waals surface area contributed by atoms with Gasteiger partial charge in [0.05, 0.1) is 22.2 Å². The molecule has 0 saturated heterocycles. The number of halogens is 2. The van der Waals surface area contributed by atoms with Crippen LogP contribution < -0.4 is 0 Å².